The van der Waals surface area contributed by atoms with Crippen LogP contribution in [0, 0.1) is 0 Å². The van der Waals surface area contributed by atoms with Crippen LogP contribution < -0.4 is 4.74 Å². The summed E-state index contributed by atoms with van der Waals surface area (Å²) in [6.07, 6.45) is 4.55. The maximum absolute atomic E-state index is 12.4. The Morgan fingerprint density at radius 3 is 2.73 bits per heavy atom. The lowest BCUT2D eigenvalue weighted by atomic mass is 10.1. The zero-order valence-electron chi connectivity index (χ0n) is 15.4. The van der Waals surface area contributed by atoms with Crippen LogP contribution in [-0.2, 0) is 13.0 Å². The Morgan fingerprint density at radius 2 is 2.04 bits per heavy atom. The molecule has 0 N–H and O–H groups in total. The fourth-order valence-corrected chi connectivity index (χ4v) is 4.83. The van der Waals surface area contributed by atoms with Gasteiger partial charge in [0, 0.05) is 41.6 Å². The van der Waals surface area contributed by atoms with E-state index in [1.807, 2.05) is 42.1 Å². The average molecular weight is 388 g/mol. The van der Waals surface area contributed by atoms with E-state index < -0.39 is 0 Å². The molecule has 0 unspecified atom stereocenters. The van der Waals surface area contributed by atoms with Gasteiger partial charge in [-0.25, -0.2) is 0 Å². The van der Waals surface area contributed by atoms with E-state index in [1.165, 1.54) is 21.9 Å². The second-order valence-electron chi connectivity index (χ2n) is 6.28. The van der Waals surface area contributed by atoms with Gasteiger partial charge in [0.25, 0.3) is 0 Å². The lowest BCUT2D eigenvalue weighted by Gasteiger charge is -2.26. The Labute approximate surface area is 164 Å². The number of nitrogens with zero attached hydrogens (tertiary/aromatic N) is 1. The van der Waals surface area contributed by atoms with E-state index in [4.69, 9.17) is 4.74 Å². The van der Waals surface area contributed by atoms with Gasteiger partial charge in [-0.3, -0.25) is 9.69 Å². The molecular weight excluding hydrogens is 362 g/mol. The van der Waals surface area contributed by atoms with Crippen LogP contribution in [0.2, 0.25) is 0 Å². The highest BCUT2D eigenvalue weighted by atomic mass is 32.2. The fraction of sp³-hybridized carbons (Fsp3) is 0.381. The van der Waals surface area contributed by atoms with Gasteiger partial charge < -0.3 is 4.74 Å². The molecule has 0 spiro atoms. The number of hydrogen-bond acceptors (Lipinski definition) is 5. The maximum Gasteiger partial charge on any atom is 0.195 e. The Balaban J connectivity index is 1.72. The van der Waals surface area contributed by atoms with Crippen molar-refractivity contribution in [1.82, 2.24) is 4.90 Å². The number of allylic oxidation sites excluding steroid dienone is 1. The summed E-state index contributed by atoms with van der Waals surface area (Å²) in [7, 11) is 1.71. The lowest BCUT2D eigenvalue weighted by Crippen LogP contribution is -2.32. The first-order valence-electron chi connectivity index (χ1n) is 8.97. The molecule has 5 heteroatoms. The number of benzene rings is 1. The number of thioether (sulfide) groups is 1. The van der Waals surface area contributed by atoms with Gasteiger partial charge >= 0.3 is 0 Å². The highest BCUT2D eigenvalue weighted by molar-refractivity contribution is 7.99. The Hall–Kier alpha value is -1.56. The van der Waals surface area contributed by atoms with Crippen molar-refractivity contribution < 1.29 is 9.53 Å². The number of hydrogen-bond donors (Lipinski definition) is 0. The standard InChI is InChI=1S/C21H25NO2S2/c1-3-18-6-9-21(26-18)19(23)7-4-16-5-8-20(24-2)17(14-16)15-22-10-12-25-13-11-22/h4-9,14H,3,10-13,15H2,1-2H3/b7-4+. The van der Waals surface area contributed by atoms with Crippen molar-refractivity contribution in [2.24, 2.45) is 0 Å². The summed E-state index contributed by atoms with van der Waals surface area (Å²) in [5.41, 5.74) is 2.21. The number of carbonyl (C=O) groups is 1. The molecule has 1 saturated heterocycles. The first-order chi connectivity index (χ1) is 12.7. The predicted molar refractivity (Wildman–Crippen MR) is 113 cm³/mol. The Morgan fingerprint density at radius 1 is 1.23 bits per heavy atom. The number of aryl methyl sites for hydroxylation is 1. The molecule has 3 nitrogen and oxygen atoms in total. The van der Waals surface area contributed by atoms with Gasteiger partial charge in [-0.15, -0.1) is 11.3 Å². The van der Waals surface area contributed by atoms with Crippen molar-refractivity contribution in [3.8, 4) is 5.75 Å². The third-order valence-corrected chi connectivity index (χ3v) is 6.67. The highest BCUT2D eigenvalue weighted by Crippen LogP contribution is 2.24. The van der Waals surface area contributed by atoms with Gasteiger partial charge in [-0.05, 0) is 42.3 Å². The third kappa shape index (κ3) is 5.00. The van der Waals surface area contributed by atoms with Crippen molar-refractivity contribution in [2.75, 3.05) is 31.7 Å². The molecule has 0 amide bonds. The lowest BCUT2D eigenvalue weighted by molar-refractivity contribution is 0.105. The number of ether oxygens (including phenoxy) is 1. The van der Waals surface area contributed by atoms with Gasteiger partial charge in [-0.2, -0.15) is 11.8 Å². The normalized spacial score (nSPS) is 15.5. The zero-order valence-corrected chi connectivity index (χ0v) is 17.0. The molecule has 1 aliphatic heterocycles. The quantitative estimate of drug-likeness (QED) is 0.506. The summed E-state index contributed by atoms with van der Waals surface area (Å²) in [5.74, 6) is 3.37. The van der Waals surface area contributed by atoms with Crippen molar-refractivity contribution in [2.45, 2.75) is 19.9 Å². The van der Waals surface area contributed by atoms with Gasteiger partial charge in [-0.1, -0.05) is 19.1 Å². The molecule has 1 aromatic heterocycles. The van der Waals surface area contributed by atoms with E-state index in [0.717, 1.165) is 42.2 Å². The molecule has 3 rings (SSSR count). The number of rotatable bonds is 7. The molecule has 0 bridgehead atoms. The van der Waals surface area contributed by atoms with Crippen molar-refractivity contribution >= 4 is 35.0 Å². The molecule has 0 aliphatic carbocycles. The fourth-order valence-electron chi connectivity index (χ4n) is 2.98. The average Bonchev–Trinajstić information content (AvgIpc) is 3.16. The monoisotopic (exact) mass is 387 g/mol. The number of ketones is 1. The summed E-state index contributed by atoms with van der Waals surface area (Å²) in [6, 6.07) is 10.1. The smallest absolute Gasteiger partial charge is 0.195 e. The van der Waals surface area contributed by atoms with Crippen LogP contribution in [0.15, 0.2) is 36.4 Å². The molecule has 0 saturated carbocycles. The van der Waals surface area contributed by atoms with E-state index in [2.05, 4.69) is 17.9 Å². The molecular formula is C21H25NO2S2. The SMILES string of the molecule is CCc1ccc(C(=O)/C=C/c2ccc(OC)c(CN3CCSCC3)c2)s1. The van der Waals surface area contributed by atoms with Crippen LogP contribution in [0.25, 0.3) is 6.08 Å². The molecule has 2 aromatic rings. The largest absolute Gasteiger partial charge is 0.496 e. The summed E-state index contributed by atoms with van der Waals surface area (Å²) < 4.78 is 5.53. The summed E-state index contributed by atoms with van der Waals surface area (Å²) in [5, 5.41) is 0. The van der Waals surface area contributed by atoms with E-state index in [9.17, 15) is 4.79 Å². The predicted octanol–water partition coefficient (Wildman–Crippen LogP) is 4.76. The highest BCUT2D eigenvalue weighted by Gasteiger charge is 2.13. The second-order valence-corrected chi connectivity index (χ2v) is 8.67. The van der Waals surface area contributed by atoms with Crippen molar-refractivity contribution in [3.63, 3.8) is 0 Å². The van der Waals surface area contributed by atoms with E-state index in [-0.39, 0.29) is 5.78 Å². The minimum atomic E-state index is 0.0696. The van der Waals surface area contributed by atoms with E-state index >= 15 is 0 Å². The Bertz CT molecular complexity index is 776. The molecule has 138 valence electrons. The third-order valence-electron chi connectivity index (χ3n) is 4.48. The molecule has 2 heterocycles. The molecule has 0 atom stereocenters. The van der Waals surface area contributed by atoms with Crippen LogP contribution >= 0.6 is 23.1 Å². The minimum Gasteiger partial charge on any atom is -0.496 e. The molecule has 1 fully saturated rings. The van der Waals surface area contributed by atoms with Crippen LogP contribution in [0.1, 0.15) is 32.6 Å². The first-order valence-corrected chi connectivity index (χ1v) is 10.9. The van der Waals surface area contributed by atoms with Gasteiger partial charge in [0.2, 0.25) is 0 Å². The van der Waals surface area contributed by atoms with Crippen LogP contribution in [0.3, 0.4) is 0 Å². The molecule has 0 radical (unpaired) electrons. The molecule has 26 heavy (non-hydrogen) atoms. The van der Waals surface area contributed by atoms with Crippen molar-refractivity contribution in [3.05, 3.63) is 57.3 Å². The van der Waals surface area contributed by atoms with Crippen molar-refractivity contribution in [1.29, 1.82) is 0 Å². The summed E-state index contributed by atoms with van der Waals surface area (Å²) in [6.45, 7) is 5.23. The molecule has 1 aromatic carbocycles. The van der Waals surface area contributed by atoms with Gasteiger partial charge in [0.05, 0.1) is 12.0 Å². The zero-order chi connectivity index (χ0) is 18.4. The number of thiophene rings is 1. The number of carbonyl (C=O) groups excluding carboxylic acids is 1. The number of methoxy groups -OCH3 is 1. The van der Waals surface area contributed by atoms with Crippen LogP contribution in [0.4, 0.5) is 0 Å². The molecule has 1 aliphatic rings. The Kier molecular flexibility index (Phi) is 6.94. The summed E-state index contributed by atoms with van der Waals surface area (Å²) in [4.78, 5) is 16.9. The minimum absolute atomic E-state index is 0.0696. The van der Waals surface area contributed by atoms with Crippen LogP contribution in [0.5, 0.6) is 5.75 Å². The topological polar surface area (TPSA) is 29.5 Å². The van der Waals surface area contributed by atoms with Crippen LogP contribution in [-0.4, -0.2) is 42.4 Å². The van der Waals surface area contributed by atoms with E-state index in [1.54, 1.807) is 24.5 Å². The second kappa shape index (κ2) is 9.40. The summed E-state index contributed by atoms with van der Waals surface area (Å²) >= 11 is 3.59. The first kappa shape index (κ1) is 19.2. The van der Waals surface area contributed by atoms with Gasteiger partial charge in [0.1, 0.15) is 5.75 Å². The van der Waals surface area contributed by atoms with Gasteiger partial charge in [0.15, 0.2) is 5.78 Å². The van der Waals surface area contributed by atoms with E-state index in [0.29, 0.717) is 0 Å². The maximum atomic E-state index is 12.4.